The molecule has 0 saturated carbocycles. The fourth-order valence-corrected chi connectivity index (χ4v) is 2.99. The van der Waals surface area contributed by atoms with Gasteiger partial charge in [0.15, 0.2) is 0 Å². The minimum atomic E-state index is -1.20. The zero-order chi connectivity index (χ0) is 14.4. The van der Waals surface area contributed by atoms with E-state index in [1.807, 2.05) is 6.07 Å². The Morgan fingerprint density at radius 1 is 1.20 bits per heavy atom. The van der Waals surface area contributed by atoms with Gasteiger partial charge in [-0.1, -0.05) is 29.8 Å². The van der Waals surface area contributed by atoms with Gasteiger partial charge >= 0.3 is 0 Å². The maximum absolute atomic E-state index is 12.1. The minimum absolute atomic E-state index is 0.298. The summed E-state index contributed by atoms with van der Waals surface area (Å²) in [7, 11) is -1.20. The van der Waals surface area contributed by atoms with Crippen molar-refractivity contribution in [2.45, 2.75) is 4.90 Å². The Balaban J connectivity index is 1.92. The van der Waals surface area contributed by atoms with Crippen LogP contribution in [0.25, 0.3) is 0 Å². The summed E-state index contributed by atoms with van der Waals surface area (Å²) in [5, 5.41) is 9.28. The molecule has 5 heteroatoms. The third kappa shape index (κ3) is 3.83. The van der Waals surface area contributed by atoms with Crippen LogP contribution in [-0.4, -0.2) is 16.6 Å². The van der Waals surface area contributed by atoms with Gasteiger partial charge in [0.05, 0.1) is 38.1 Å². The van der Waals surface area contributed by atoms with Gasteiger partial charge in [-0.25, -0.2) is 0 Å². The molecule has 0 aliphatic carbocycles. The van der Waals surface area contributed by atoms with Crippen molar-refractivity contribution in [3.8, 4) is 11.8 Å². The van der Waals surface area contributed by atoms with Gasteiger partial charge in [0, 0.05) is 0 Å². The Morgan fingerprint density at radius 3 is 2.75 bits per heavy atom. The predicted octanol–water partition coefficient (Wildman–Crippen LogP) is 3.40. The molecule has 0 spiro atoms. The number of rotatable bonds is 5. The molecule has 1 atom stereocenters. The summed E-state index contributed by atoms with van der Waals surface area (Å²) in [4.78, 5) is 0.614. The zero-order valence-electron chi connectivity index (χ0n) is 10.6. The predicted molar refractivity (Wildman–Crippen MR) is 79.4 cm³/mol. The second-order valence-electron chi connectivity index (χ2n) is 3.97. The second kappa shape index (κ2) is 7.09. The highest BCUT2D eigenvalue weighted by Gasteiger charge is 2.08. The first-order chi connectivity index (χ1) is 9.70. The normalized spacial score (nSPS) is 11.6. The van der Waals surface area contributed by atoms with Crippen LogP contribution in [0.15, 0.2) is 53.4 Å². The van der Waals surface area contributed by atoms with Gasteiger partial charge < -0.3 is 4.74 Å². The molecule has 2 aromatic rings. The molecule has 0 bridgehead atoms. The summed E-state index contributed by atoms with van der Waals surface area (Å²) in [6.07, 6.45) is 0. The van der Waals surface area contributed by atoms with Gasteiger partial charge in [-0.05, 0) is 30.3 Å². The number of nitriles is 1. The fourth-order valence-electron chi connectivity index (χ4n) is 1.63. The summed E-state index contributed by atoms with van der Waals surface area (Å²) in [6.45, 7) is 0.298. The van der Waals surface area contributed by atoms with Crippen molar-refractivity contribution in [2.75, 3.05) is 12.4 Å². The smallest absolute Gasteiger partial charge is 0.120 e. The molecule has 2 rings (SSSR count). The quantitative estimate of drug-likeness (QED) is 0.850. The van der Waals surface area contributed by atoms with Gasteiger partial charge in [-0.2, -0.15) is 5.26 Å². The molecule has 3 nitrogen and oxygen atoms in total. The average Bonchev–Trinajstić information content (AvgIpc) is 2.48. The summed E-state index contributed by atoms with van der Waals surface area (Å²) >= 11 is 5.98. The van der Waals surface area contributed by atoms with E-state index in [1.165, 1.54) is 0 Å². The van der Waals surface area contributed by atoms with E-state index in [0.717, 1.165) is 0 Å². The van der Waals surface area contributed by atoms with Crippen LogP contribution in [0.5, 0.6) is 5.75 Å². The van der Waals surface area contributed by atoms with E-state index in [2.05, 4.69) is 0 Å². The van der Waals surface area contributed by atoms with Gasteiger partial charge in [0.25, 0.3) is 0 Å². The van der Waals surface area contributed by atoms with E-state index in [4.69, 9.17) is 21.6 Å². The molecule has 0 radical (unpaired) electrons. The first-order valence-electron chi connectivity index (χ1n) is 5.96. The number of hydrogen-bond donors (Lipinski definition) is 0. The molecule has 0 aliphatic heterocycles. The lowest BCUT2D eigenvalue weighted by molar-refractivity contribution is 0.342. The van der Waals surface area contributed by atoms with Crippen molar-refractivity contribution in [3.63, 3.8) is 0 Å². The Kier molecular flexibility index (Phi) is 5.16. The highest BCUT2D eigenvalue weighted by molar-refractivity contribution is 7.85. The number of hydrogen-bond acceptors (Lipinski definition) is 3. The van der Waals surface area contributed by atoms with Crippen molar-refractivity contribution < 1.29 is 8.95 Å². The van der Waals surface area contributed by atoms with E-state index in [1.54, 1.807) is 48.5 Å². The molecule has 0 heterocycles. The third-order valence-electron chi connectivity index (χ3n) is 2.58. The lowest BCUT2D eigenvalue weighted by Gasteiger charge is -2.07. The molecule has 0 aliphatic rings. The molecule has 0 aromatic heterocycles. The monoisotopic (exact) mass is 305 g/mol. The van der Waals surface area contributed by atoms with E-state index in [9.17, 15) is 4.21 Å². The molecular weight excluding hydrogens is 294 g/mol. The SMILES string of the molecule is N#Cc1cccc(OCCS(=O)c2ccccc2Cl)c1. The number of benzene rings is 2. The molecule has 2 aromatic carbocycles. The molecule has 0 amide bonds. The molecule has 1 unspecified atom stereocenters. The highest BCUT2D eigenvalue weighted by Crippen LogP contribution is 2.19. The van der Waals surface area contributed by atoms with Gasteiger partial charge in [0.2, 0.25) is 0 Å². The minimum Gasteiger partial charge on any atom is -0.493 e. The Hall–Kier alpha value is -1.83. The lowest BCUT2D eigenvalue weighted by atomic mass is 10.2. The first kappa shape index (κ1) is 14.6. The molecule has 20 heavy (non-hydrogen) atoms. The maximum Gasteiger partial charge on any atom is 0.120 e. The standard InChI is InChI=1S/C15H12ClNO2S/c16-14-6-1-2-7-15(14)20(18)9-8-19-13-5-3-4-12(10-13)11-17/h1-7,10H,8-9H2. The van der Waals surface area contributed by atoms with Crippen LogP contribution in [-0.2, 0) is 10.8 Å². The number of nitrogens with zero attached hydrogens (tertiary/aromatic N) is 1. The summed E-state index contributed by atoms with van der Waals surface area (Å²) in [6, 6.07) is 16.0. The largest absolute Gasteiger partial charge is 0.493 e. The first-order valence-corrected chi connectivity index (χ1v) is 7.66. The van der Waals surface area contributed by atoms with Crippen LogP contribution in [0.2, 0.25) is 5.02 Å². The fraction of sp³-hybridized carbons (Fsp3) is 0.133. The molecule has 102 valence electrons. The molecule has 0 N–H and O–H groups in total. The molecule has 0 fully saturated rings. The van der Waals surface area contributed by atoms with Crippen molar-refractivity contribution in [1.29, 1.82) is 5.26 Å². The summed E-state index contributed by atoms with van der Waals surface area (Å²) < 4.78 is 17.6. The number of ether oxygens (including phenoxy) is 1. The average molecular weight is 306 g/mol. The molecular formula is C15H12ClNO2S. The van der Waals surface area contributed by atoms with E-state index in [0.29, 0.717) is 33.6 Å². The van der Waals surface area contributed by atoms with E-state index >= 15 is 0 Å². The summed E-state index contributed by atoms with van der Waals surface area (Å²) in [5.41, 5.74) is 0.537. The van der Waals surface area contributed by atoms with Gasteiger partial charge in [-0.15, -0.1) is 0 Å². The maximum atomic E-state index is 12.1. The van der Waals surface area contributed by atoms with Crippen LogP contribution in [0.3, 0.4) is 0 Å². The number of halogens is 1. The van der Waals surface area contributed by atoms with Crippen molar-refractivity contribution in [3.05, 3.63) is 59.1 Å². The Morgan fingerprint density at radius 2 is 2.00 bits per heavy atom. The third-order valence-corrected chi connectivity index (χ3v) is 4.41. The Labute approximate surface area is 125 Å². The van der Waals surface area contributed by atoms with E-state index < -0.39 is 10.8 Å². The van der Waals surface area contributed by atoms with E-state index in [-0.39, 0.29) is 0 Å². The van der Waals surface area contributed by atoms with Crippen LogP contribution < -0.4 is 4.74 Å². The Bertz CT molecular complexity index is 667. The highest BCUT2D eigenvalue weighted by atomic mass is 35.5. The van der Waals surface area contributed by atoms with Crippen LogP contribution in [0.1, 0.15) is 5.56 Å². The van der Waals surface area contributed by atoms with Crippen molar-refractivity contribution in [1.82, 2.24) is 0 Å². The lowest BCUT2D eigenvalue weighted by Crippen LogP contribution is -2.09. The van der Waals surface area contributed by atoms with Gasteiger partial charge in [-0.3, -0.25) is 4.21 Å². The van der Waals surface area contributed by atoms with Crippen LogP contribution in [0, 0.1) is 11.3 Å². The van der Waals surface area contributed by atoms with Crippen LogP contribution >= 0.6 is 11.6 Å². The topological polar surface area (TPSA) is 50.1 Å². The zero-order valence-corrected chi connectivity index (χ0v) is 12.2. The second-order valence-corrected chi connectivity index (χ2v) is 5.91. The van der Waals surface area contributed by atoms with Gasteiger partial charge in [0.1, 0.15) is 12.4 Å². The summed E-state index contributed by atoms with van der Waals surface area (Å²) in [5.74, 6) is 0.945. The van der Waals surface area contributed by atoms with Crippen LogP contribution in [0.4, 0.5) is 0 Å². The van der Waals surface area contributed by atoms with Crippen molar-refractivity contribution in [2.24, 2.45) is 0 Å². The van der Waals surface area contributed by atoms with Crippen molar-refractivity contribution >= 4 is 22.4 Å². The molecule has 0 saturated heterocycles.